The number of rotatable bonds is 6. The topological polar surface area (TPSA) is 49.4 Å². The number of hydrogen-bond acceptors (Lipinski definition) is 3. The molecule has 2 saturated carbocycles. The van der Waals surface area contributed by atoms with Crippen LogP contribution in [0.15, 0.2) is 17.0 Å². The minimum Gasteiger partial charge on any atom is -0.310 e. The van der Waals surface area contributed by atoms with Gasteiger partial charge < -0.3 is 5.32 Å². The Bertz CT molecular complexity index is 657. The summed E-state index contributed by atoms with van der Waals surface area (Å²) in [6.45, 7) is 0.298. The molecule has 116 valence electrons. The number of benzene rings is 1. The molecule has 0 aliphatic heterocycles. The Morgan fingerprint density at radius 3 is 2.57 bits per heavy atom. The Hall–Kier alpha value is -0.690. The average Bonchev–Trinajstić information content (AvgIpc) is 3.30. The molecule has 21 heavy (non-hydrogen) atoms. The van der Waals surface area contributed by atoms with Crippen LogP contribution in [0.4, 0.5) is 4.39 Å². The summed E-state index contributed by atoms with van der Waals surface area (Å²) >= 11 is 5.98. The fourth-order valence-electron chi connectivity index (χ4n) is 2.27. The highest BCUT2D eigenvalue weighted by Crippen LogP contribution is 2.33. The molecule has 0 spiro atoms. The summed E-state index contributed by atoms with van der Waals surface area (Å²) in [4.78, 5) is -0.322. The van der Waals surface area contributed by atoms with E-state index in [1.807, 2.05) is 0 Å². The summed E-state index contributed by atoms with van der Waals surface area (Å²) in [5.74, 6) is -0.694. The first kappa shape index (κ1) is 15.2. The van der Waals surface area contributed by atoms with E-state index in [1.165, 1.54) is 23.5 Å². The lowest BCUT2D eigenvalue weighted by molar-refractivity contribution is 0.456. The number of nitrogens with one attached hydrogen (secondary N) is 1. The zero-order valence-electron chi connectivity index (χ0n) is 11.8. The monoisotopic (exact) mass is 332 g/mol. The minimum atomic E-state index is -3.83. The predicted octanol–water partition coefficient (Wildman–Crippen LogP) is 2.51. The predicted molar refractivity (Wildman–Crippen MR) is 79.2 cm³/mol. The van der Waals surface area contributed by atoms with Crippen LogP contribution < -0.4 is 5.32 Å². The zero-order chi connectivity index (χ0) is 15.2. The van der Waals surface area contributed by atoms with Crippen molar-refractivity contribution in [3.63, 3.8) is 0 Å². The van der Waals surface area contributed by atoms with Gasteiger partial charge in [-0.05, 0) is 37.8 Å². The fraction of sp³-hybridized carbons (Fsp3) is 0.571. The van der Waals surface area contributed by atoms with Crippen molar-refractivity contribution in [2.75, 3.05) is 7.05 Å². The van der Waals surface area contributed by atoms with Crippen LogP contribution in [0.1, 0.15) is 31.2 Å². The molecule has 2 aliphatic rings. The summed E-state index contributed by atoms with van der Waals surface area (Å²) in [5, 5.41) is 3.42. The van der Waals surface area contributed by atoms with Crippen LogP contribution in [0.25, 0.3) is 0 Å². The first-order chi connectivity index (χ1) is 9.89. The molecule has 1 aromatic carbocycles. The Morgan fingerprint density at radius 1 is 1.33 bits per heavy atom. The van der Waals surface area contributed by atoms with Crippen molar-refractivity contribution in [2.24, 2.45) is 0 Å². The van der Waals surface area contributed by atoms with Crippen LogP contribution in [0.5, 0.6) is 0 Å². The number of hydrogen-bond donors (Lipinski definition) is 1. The van der Waals surface area contributed by atoms with Crippen molar-refractivity contribution in [1.82, 2.24) is 9.62 Å². The summed E-state index contributed by atoms with van der Waals surface area (Å²) in [7, 11) is -2.33. The van der Waals surface area contributed by atoms with E-state index in [1.54, 1.807) is 0 Å². The zero-order valence-corrected chi connectivity index (χ0v) is 13.3. The molecule has 0 amide bonds. The van der Waals surface area contributed by atoms with Gasteiger partial charge in [0.25, 0.3) is 0 Å². The van der Waals surface area contributed by atoms with Crippen molar-refractivity contribution < 1.29 is 12.8 Å². The van der Waals surface area contributed by atoms with Gasteiger partial charge >= 0.3 is 0 Å². The van der Waals surface area contributed by atoms with Crippen molar-refractivity contribution in [3.05, 3.63) is 28.5 Å². The van der Waals surface area contributed by atoms with E-state index >= 15 is 0 Å². The molecule has 0 radical (unpaired) electrons. The largest absolute Gasteiger partial charge is 0.310 e. The lowest BCUT2D eigenvalue weighted by atomic mass is 10.2. The van der Waals surface area contributed by atoms with Gasteiger partial charge in [-0.25, -0.2) is 12.8 Å². The van der Waals surface area contributed by atoms with Gasteiger partial charge in [-0.3, -0.25) is 0 Å². The van der Waals surface area contributed by atoms with Gasteiger partial charge in [0.1, 0.15) is 10.7 Å². The fourth-order valence-corrected chi connectivity index (χ4v) is 4.12. The lowest BCUT2D eigenvalue weighted by Crippen LogP contribution is -2.30. The Labute approximate surface area is 129 Å². The smallest absolute Gasteiger partial charge is 0.246 e. The van der Waals surface area contributed by atoms with Gasteiger partial charge in [0, 0.05) is 36.3 Å². The van der Waals surface area contributed by atoms with Crippen molar-refractivity contribution in [1.29, 1.82) is 0 Å². The maximum Gasteiger partial charge on any atom is 0.246 e. The second-order valence-electron chi connectivity index (χ2n) is 5.78. The van der Waals surface area contributed by atoms with Crippen LogP contribution >= 0.6 is 11.6 Å². The summed E-state index contributed by atoms with van der Waals surface area (Å²) < 4.78 is 40.8. The molecular weight excluding hydrogens is 315 g/mol. The molecule has 0 heterocycles. The highest BCUT2D eigenvalue weighted by atomic mass is 35.5. The van der Waals surface area contributed by atoms with E-state index < -0.39 is 15.8 Å². The molecule has 0 aromatic heterocycles. The van der Waals surface area contributed by atoms with Crippen LogP contribution in [0.3, 0.4) is 0 Å². The molecule has 0 unspecified atom stereocenters. The number of nitrogens with zero attached hydrogens (tertiary/aromatic N) is 1. The molecular formula is C14H18ClFN2O2S. The van der Waals surface area contributed by atoms with E-state index in [0.717, 1.165) is 25.7 Å². The van der Waals surface area contributed by atoms with Crippen molar-refractivity contribution in [3.8, 4) is 0 Å². The second kappa shape index (κ2) is 5.50. The molecule has 1 aromatic rings. The Morgan fingerprint density at radius 2 is 2.00 bits per heavy atom. The normalized spacial score (nSPS) is 19.2. The first-order valence-electron chi connectivity index (χ1n) is 7.09. The van der Waals surface area contributed by atoms with Gasteiger partial charge in [0.05, 0.1) is 0 Å². The van der Waals surface area contributed by atoms with E-state index in [2.05, 4.69) is 5.32 Å². The molecule has 0 bridgehead atoms. The summed E-state index contributed by atoms with van der Waals surface area (Å²) in [6.07, 6.45) is 3.82. The maximum atomic E-state index is 14.6. The van der Waals surface area contributed by atoms with Crippen LogP contribution in [-0.2, 0) is 16.6 Å². The van der Waals surface area contributed by atoms with Crippen molar-refractivity contribution >= 4 is 21.6 Å². The molecule has 7 heteroatoms. The molecule has 0 saturated heterocycles. The highest BCUT2D eigenvalue weighted by Gasteiger charge is 2.37. The number of sulfonamides is 1. The van der Waals surface area contributed by atoms with E-state index in [4.69, 9.17) is 11.6 Å². The third-order valence-corrected chi connectivity index (χ3v) is 6.08. The van der Waals surface area contributed by atoms with E-state index in [-0.39, 0.29) is 16.0 Å². The molecule has 3 rings (SSSR count). The molecule has 4 nitrogen and oxygen atoms in total. The third-order valence-electron chi connectivity index (χ3n) is 3.96. The summed E-state index contributed by atoms with van der Waals surface area (Å²) in [6, 6.07) is 3.09. The molecule has 2 aliphatic carbocycles. The third kappa shape index (κ3) is 3.23. The minimum absolute atomic E-state index is 0.0126. The quantitative estimate of drug-likeness (QED) is 0.871. The van der Waals surface area contributed by atoms with Gasteiger partial charge in [-0.15, -0.1) is 0 Å². The van der Waals surface area contributed by atoms with Gasteiger partial charge in [-0.1, -0.05) is 11.6 Å². The second-order valence-corrected chi connectivity index (χ2v) is 8.19. The first-order valence-corrected chi connectivity index (χ1v) is 8.90. The Balaban J connectivity index is 1.92. The molecule has 0 atom stereocenters. The lowest BCUT2D eigenvalue weighted by Gasteiger charge is -2.18. The van der Waals surface area contributed by atoms with Gasteiger partial charge in [-0.2, -0.15) is 4.31 Å². The van der Waals surface area contributed by atoms with Gasteiger partial charge in [0.2, 0.25) is 10.0 Å². The number of halogens is 2. The molecule has 2 fully saturated rings. The van der Waals surface area contributed by atoms with Crippen LogP contribution in [0, 0.1) is 5.82 Å². The molecule has 1 N–H and O–H groups in total. The van der Waals surface area contributed by atoms with Crippen molar-refractivity contribution in [2.45, 2.75) is 49.2 Å². The SMILES string of the molecule is CN(C1CC1)S(=O)(=O)c1cc(Cl)cc(CNC2CC2)c1F. The maximum absolute atomic E-state index is 14.6. The van der Waals surface area contributed by atoms with E-state index in [9.17, 15) is 12.8 Å². The van der Waals surface area contributed by atoms with Crippen LogP contribution in [0.2, 0.25) is 5.02 Å². The van der Waals surface area contributed by atoms with Crippen LogP contribution in [-0.4, -0.2) is 31.9 Å². The summed E-state index contributed by atoms with van der Waals surface area (Å²) in [5.41, 5.74) is 0.303. The average molecular weight is 333 g/mol. The highest BCUT2D eigenvalue weighted by molar-refractivity contribution is 7.89. The van der Waals surface area contributed by atoms with Gasteiger partial charge in [0.15, 0.2) is 0 Å². The van der Waals surface area contributed by atoms with E-state index in [0.29, 0.717) is 18.2 Å². The Kier molecular flexibility index (Phi) is 3.98. The standard InChI is InChI=1S/C14H18ClFN2O2S/c1-18(12-4-5-12)21(19,20)13-7-10(15)6-9(14(13)16)8-17-11-2-3-11/h6-7,11-12,17H,2-5,8H2,1H3.